The number of anilines is 2. The molecule has 0 spiro atoms. The summed E-state index contributed by atoms with van der Waals surface area (Å²) in [5, 5.41) is 2.53. The highest BCUT2D eigenvalue weighted by Gasteiger charge is 2.33. The summed E-state index contributed by atoms with van der Waals surface area (Å²) in [6.45, 7) is 0. The Balaban J connectivity index is 2.00. The lowest BCUT2D eigenvalue weighted by atomic mass is 9.98. The van der Waals surface area contributed by atoms with Crippen LogP contribution < -0.4 is 11.1 Å². The Labute approximate surface area is 125 Å². The lowest BCUT2D eigenvalue weighted by molar-refractivity contribution is -0.136. The molecule has 1 saturated heterocycles. The van der Waals surface area contributed by atoms with Gasteiger partial charge in [0.05, 0.1) is 5.56 Å². The van der Waals surface area contributed by atoms with Crippen molar-refractivity contribution in [3.05, 3.63) is 23.8 Å². The van der Waals surface area contributed by atoms with Gasteiger partial charge in [0.15, 0.2) is 0 Å². The van der Waals surface area contributed by atoms with Gasteiger partial charge in [-0.2, -0.15) is 24.9 Å². The highest BCUT2D eigenvalue weighted by atomic mass is 32.2. The van der Waals surface area contributed by atoms with Gasteiger partial charge in [-0.05, 0) is 48.5 Å². The van der Waals surface area contributed by atoms with E-state index in [4.69, 9.17) is 5.73 Å². The van der Waals surface area contributed by atoms with Crippen molar-refractivity contribution in [2.24, 2.45) is 5.92 Å². The Hall–Kier alpha value is -1.37. The van der Waals surface area contributed by atoms with E-state index in [9.17, 15) is 18.0 Å². The molecule has 0 radical (unpaired) electrons. The van der Waals surface area contributed by atoms with Crippen LogP contribution in [0.3, 0.4) is 0 Å². The van der Waals surface area contributed by atoms with Crippen LogP contribution in [0.5, 0.6) is 0 Å². The first kappa shape index (κ1) is 16.0. The highest BCUT2D eigenvalue weighted by molar-refractivity contribution is 7.99. The number of halogens is 3. The molecule has 1 aromatic carbocycles. The van der Waals surface area contributed by atoms with Crippen molar-refractivity contribution >= 4 is 29.0 Å². The third-order valence-corrected chi connectivity index (χ3v) is 4.51. The maximum atomic E-state index is 12.7. The summed E-state index contributed by atoms with van der Waals surface area (Å²) in [6, 6.07) is 3.43. The first-order chi connectivity index (χ1) is 9.86. The predicted octanol–water partition coefficient (Wildman–Crippen LogP) is 3.76. The zero-order valence-electron chi connectivity index (χ0n) is 11.4. The lowest BCUT2D eigenvalue weighted by Crippen LogP contribution is -2.20. The van der Waals surface area contributed by atoms with E-state index in [1.54, 1.807) is 0 Å². The average Bonchev–Trinajstić information content (AvgIpc) is 2.41. The number of alkyl halides is 3. The number of nitrogens with one attached hydrogen (secondary N) is 1. The van der Waals surface area contributed by atoms with E-state index in [0.29, 0.717) is 12.3 Å². The van der Waals surface area contributed by atoms with Crippen LogP contribution in [0.1, 0.15) is 24.8 Å². The molecule has 0 bridgehead atoms. The summed E-state index contributed by atoms with van der Waals surface area (Å²) in [5.41, 5.74) is 4.19. The first-order valence-corrected chi connectivity index (χ1v) is 7.86. The number of hydrogen-bond donors (Lipinski definition) is 2. The second-order valence-electron chi connectivity index (χ2n) is 5.11. The molecular formula is C14H17F3N2OS. The van der Waals surface area contributed by atoms with Crippen molar-refractivity contribution in [1.82, 2.24) is 0 Å². The largest absolute Gasteiger partial charge is 0.418 e. The number of carbonyl (C=O) groups excluding carboxylic acids is 1. The zero-order chi connectivity index (χ0) is 15.5. The maximum Gasteiger partial charge on any atom is 0.418 e. The van der Waals surface area contributed by atoms with Gasteiger partial charge in [0.1, 0.15) is 0 Å². The van der Waals surface area contributed by atoms with Crippen molar-refractivity contribution in [2.75, 3.05) is 22.6 Å². The van der Waals surface area contributed by atoms with E-state index < -0.39 is 11.7 Å². The lowest BCUT2D eigenvalue weighted by Gasteiger charge is -2.20. The Morgan fingerprint density at radius 3 is 2.62 bits per heavy atom. The molecule has 0 saturated carbocycles. The van der Waals surface area contributed by atoms with Crippen LogP contribution in [0.2, 0.25) is 0 Å². The number of carbonyl (C=O) groups is 1. The minimum atomic E-state index is -4.52. The molecule has 3 nitrogen and oxygen atoms in total. The molecule has 1 fully saturated rings. The van der Waals surface area contributed by atoms with Crippen LogP contribution >= 0.6 is 11.8 Å². The fourth-order valence-corrected chi connectivity index (χ4v) is 3.51. The standard InChI is InChI=1S/C14H17F3N2OS/c15-14(16,17)11-8-10(1-2-12(11)18)19-13(20)7-9-3-5-21-6-4-9/h1-2,8-9H,3-7,18H2,(H,19,20). The molecule has 1 aromatic rings. The molecule has 116 valence electrons. The van der Waals surface area contributed by atoms with Crippen LogP contribution in [0.4, 0.5) is 24.5 Å². The number of rotatable bonds is 3. The monoisotopic (exact) mass is 318 g/mol. The molecule has 0 aromatic heterocycles. The summed E-state index contributed by atoms with van der Waals surface area (Å²) in [6.07, 6.45) is -2.21. The third-order valence-electron chi connectivity index (χ3n) is 3.46. The Kier molecular flexibility index (Phi) is 5.03. The van der Waals surface area contributed by atoms with E-state index >= 15 is 0 Å². The van der Waals surface area contributed by atoms with Crippen molar-refractivity contribution in [3.63, 3.8) is 0 Å². The van der Waals surface area contributed by atoms with Gasteiger partial charge in [0.2, 0.25) is 5.91 Å². The number of nitrogens with two attached hydrogens (primary N) is 1. The maximum absolute atomic E-state index is 12.7. The Morgan fingerprint density at radius 1 is 1.33 bits per heavy atom. The number of thioether (sulfide) groups is 1. The molecular weight excluding hydrogens is 301 g/mol. The molecule has 1 aliphatic heterocycles. The second-order valence-corrected chi connectivity index (χ2v) is 6.33. The molecule has 0 atom stereocenters. The minimum Gasteiger partial charge on any atom is -0.398 e. The van der Waals surface area contributed by atoms with Crippen LogP contribution in [0.15, 0.2) is 18.2 Å². The van der Waals surface area contributed by atoms with Crippen LogP contribution in [0, 0.1) is 5.92 Å². The fraction of sp³-hybridized carbons (Fsp3) is 0.500. The van der Waals surface area contributed by atoms with Gasteiger partial charge in [-0.3, -0.25) is 4.79 Å². The molecule has 0 unspecified atom stereocenters. The van der Waals surface area contributed by atoms with E-state index in [0.717, 1.165) is 36.5 Å². The summed E-state index contributed by atoms with van der Waals surface area (Å²) in [7, 11) is 0. The topological polar surface area (TPSA) is 55.1 Å². The molecule has 21 heavy (non-hydrogen) atoms. The van der Waals surface area contributed by atoms with Crippen molar-refractivity contribution in [3.8, 4) is 0 Å². The van der Waals surface area contributed by atoms with Crippen LogP contribution in [-0.4, -0.2) is 17.4 Å². The van der Waals surface area contributed by atoms with Gasteiger partial charge in [0, 0.05) is 17.8 Å². The van der Waals surface area contributed by atoms with Gasteiger partial charge in [0.25, 0.3) is 0 Å². The molecule has 0 aliphatic carbocycles. The number of hydrogen-bond acceptors (Lipinski definition) is 3. The number of amides is 1. The number of benzene rings is 1. The molecule has 1 amide bonds. The summed E-state index contributed by atoms with van der Waals surface area (Å²) in [5.74, 6) is 2.16. The fourth-order valence-electron chi connectivity index (χ4n) is 2.30. The van der Waals surface area contributed by atoms with Crippen LogP contribution in [-0.2, 0) is 11.0 Å². The molecule has 2 rings (SSSR count). The van der Waals surface area contributed by atoms with Gasteiger partial charge in [-0.1, -0.05) is 0 Å². The molecule has 1 aliphatic rings. The van der Waals surface area contributed by atoms with Crippen LogP contribution in [0.25, 0.3) is 0 Å². The SMILES string of the molecule is Nc1ccc(NC(=O)CC2CCSCC2)cc1C(F)(F)F. The average molecular weight is 318 g/mol. The van der Waals surface area contributed by atoms with Gasteiger partial charge >= 0.3 is 6.18 Å². The summed E-state index contributed by atoms with van der Waals surface area (Å²) >= 11 is 1.87. The van der Waals surface area contributed by atoms with Crippen molar-refractivity contribution < 1.29 is 18.0 Å². The minimum absolute atomic E-state index is 0.131. The van der Waals surface area contributed by atoms with Gasteiger partial charge in [-0.25, -0.2) is 0 Å². The smallest absolute Gasteiger partial charge is 0.398 e. The van der Waals surface area contributed by atoms with Crippen molar-refractivity contribution in [2.45, 2.75) is 25.4 Å². The zero-order valence-corrected chi connectivity index (χ0v) is 12.2. The van der Waals surface area contributed by atoms with Gasteiger partial charge < -0.3 is 11.1 Å². The van der Waals surface area contributed by atoms with E-state index in [2.05, 4.69) is 5.32 Å². The third kappa shape index (κ3) is 4.56. The Bertz CT molecular complexity index is 513. The second kappa shape index (κ2) is 6.60. The first-order valence-electron chi connectivity index (χ1n) is 6.70. The number of nitrogen functional groups attached to an aromatic ring is 1. The summed E-state index contributed by atoms with van der Waals surface area (Å²) in [4.78, 5) is 11.9. The van der Waals surface area contributed by atoms with Gasteiger partial charge in [-0.15, -0.1) is 0 Å². The normalized spacial score (nSPS) is 16.7. The van der Waals surface area contributed by atoms with E-state index in [1.807, 2.05) is 11.8 Å². The molecule has 7 heteroatoms. The predicted molar refractivity (Wildman–Crippen MR) is 79.2 cm³/mol. The summed E-state index contributed by atoms with van der Waals surface area (Å²) < 4.78 is 38.2. The molecule has 3 N–H and O–H groups in total. The molecule has 1 heterocycles. The highest BCUT2D eigenvalue weighted by Crippen LogP contribution is 2.35. The quantitative estimate of drug-likeness (QED) is 0.834. The Morgan fingerprint density at radius 2 is 2.00 bits per heavy atom. The van der Waals surface area contributed by atoms with Crippen molar-refractivity contribution in [1.29, 1.82) is 0 Å². The van der Waals surface area contributed by atoms with E-state index in [1.165, 1.54) is 6.07 Å². The van der Waals surface area contributed by atoms with E-state index in [-0.39, 0.29) is 17.3 Å².